The average molecular weight is 686 g/mol. The highest BCUT2D eigenvalue weighted by molar-refractivity contribution is 6.30. The summed E-state index contributed by atoms with van der Waals surface area (Å²) < 4.78 is 45.8. The normalized spacial score (nSPS) is 17.8. The summed E-state index contributed by atoms with van der Waals surface area (Å²) in [7, 11) is 0. The Hall–Kier alpha value is -4.92. The molecule has 1 saturated heterocycles. The number of nitrogens with zero attached hydrogens (tertiary/aromatic N) is 5. The number of carboxylic acid groups (broad SMARTS) is 1. The molecule has 1 aliphatic heterocycles. The minimum Gasteiger partial charge on any atom is -0.490 e. The number of rotatable bonds is 12. The van der Waals surface area contributed by atoms with Crippen LogP contribution in [0, 0.1) is 29.4 Å². The van der Waals surface area contributed by atoms with Crippen LogP contribution in [0.3, 0.4) is 0 Å². The number of benzene rings is 3. The van der Waals surface area contributed by atoms with E-state index in [1.54, 1.807) is 18.6 Å². The van der Waals surface area contributed by atoms with Gasteiger partial charge in [-0.05, 0) is 73.4 Å². The molecule has 2 atom stereocenters. The van der Waals surface area contributed by atoms with Gasteiger partial charge in [-0.15, -0.1) is 0 Å². The van der Waals surface area contributed by atoms with Crippen molar-refractivity contribution in [2.45, 2.75) is 58.0 Å². The number of carboxylic acids is 1. The van der Waals surface area contributed by atoms with Crippen LogP contribution in [0.5, 0.6) is 11.5 Å². The van der Waals surface area contributed by atoms with Crippen LogP contribution in [0.1, 0.15) is 48.3 Å². The molecule has 3 aromatic carbocycles. The number of fused-ring (bicyclic) bond motifs is 1. The largest absolute Gasteiger partial charge is 0.490 e. The van der Waals surface area contributed by atoms with Gasteiger partial charge >= 0.3 is 5.97 Å². The summed E-state index contributed by atoms with van der Waals surface area (Å²) >= 11 is 5.84. The van der Waals surface area contributed by atoms with E-state index in [2.05, 4.69) is 21.7 Å². The first-order valence-corrected chi connectivity index (χ1v) is 16.6. The molecule has 5 aromatic rings. The highest BCUT2D eigenvalue weighted by atomic mass is 35.5. The third-order valence-corrected chi connectivity index (χ3v) is 9.35. The number of halogens is 3. The summed E-state index contributed by atoms with van der Waals surface area (Å²) in [4.78, 5) is 23.0. The molecule has 0 saturated carbocycles. The summed E-state index contributed by atoms with van der Waals surface area (Å²) in [6, 6.07) is 15.1. The molecule has 3 heterocycles. The Kier molecular flexibility index (Phi) is 9.25. The molecule has 0 radical (unpaired) electrons. The first kappa shape index (κ1) is 32.6. The molecule has 252 valence electrons. The van der Waals surface area contributed by atoms with Gasteiger partial charge in [-0.1, -0.05) is 35.6 Å². The predicted molar refractivity (Wildman–Crippen MR) is 179 cm³/mol. The molecule has 49 heavy (non-hydrogen) atoms. The number of aryl methyl sites for hydroxylation is 1. The van der Waals surface area contributed by atoms with Crippen LogP contribution in [-0.2, 0) is 31.0 Å². The minimum atomic E-state index is -1.01. The van der Waals surface area contributed by atoms with E-state index in [-0.39, 0.29) is 24.0 Å². The number of hydrogen-bond acceptors (Lipinski definition) is 6. The minimum absolute atomic E-state index is 0.00428. The number of aliphatic carboxylic acids is 1. The van der Waals surface area contributed by atoms with Crippen molar-refractivity contribution < 1.29 is 28.2 Å². The first-order valence-electron chi connectivity index (χ1n) is 16.2. The Morgan fingerprint density at radius 2 is 1.90 bits per heavy atom. The molecule has 1 aliphatic carbocycles. The maximum atomic E-state index is 15.6. The number of imidazole rings is 2. The van der Waals surface area contributed by atoms with Crippen molar-refractivity contribution in [1.82, 2.24) is 24.0 Å². The fraction of sp³-hybridized carbons (Fsp3) is 0.324. The van der Waals surface area contributed by atoms with Crippen molar-refractivity contribution in [1.29, 1.82) is 0 Å². The zero-order valence-corrected chi connectivity index (χ0v) is 27.5. The van der Waals surface area contributed by atoms with Crippen LogP contribution >= 0.6 is 11.6 Å². The van der Waals surface area contributed by atoms with E-state index < -0.39 is 29.4 Å². The second-order valence-corrected chi connectivity index (χ2v) is 12.8. The molecule has 9 nitrogen and oxygen atoms in total. The van der Waals surface area contributed by atoms with E-state index in [4.69, 9.17) is 26.1 Å². The Morgan fingerprint density at radius 3 is 2.63 bits per heavy atom. The molecule has 2 unspecified atom stereocenters. The van der Waals surface area contributed by atoms with Crippen molar-refractivity contribution in [3.8, 4) is 23.3 Å². The van der Waals surface area contributed by atoms with Crippen LogP contribution < -0.4 is 9.47 Å². The molecular formula is C37H34ClF2N5O4. The fourth-order valence-corrected chi connectivity index (χ4v) is 6.58. The summed E-state index contributed by atoms with van der Waals surface area (Å²) in [5.74, 6) is 3.71. The van der Waals surface area contributed by atoms with Crippen molar-refractivity contribution in [2.75, 3.05) is 13.1 Å². The van der Waals surface area contributed by atoms with Gasteiger partial charge in [0.2, 0.25) is 0 Å². The highest BCUT2D eigenvalue weighted by Gasteiger charge is 2.33. The van der Waals surface area contributed by atoms with E-state index in [0.717, 1.165) is 49.5 Å². The van der Waals surface area contributed by atoms with Gasteiger partial charge in [-0.3, -0.25) is 9.69 Å². The molecule has 1 fully saturated rings. The number of hydrogen-bond donors (Lipinski definition) is 1. The summed E-state index contributed by atoms with van der Waals surface area (Å²) in [5.41, 5.74) is 3.21. The zero-order chi connectivity index (χ0) is 34.1. The molecule has 7 rings (SSSR count). The topological polar surface area (TPSA) is 94.6 Å². The maximum absolute atomic E-state index is 15.6. The van der Waals surface area contributed by atoms with E-state index in [9.17, 15) is 14.3 Å². The molecule has 12 heteroatoms. The van der Waals surface area contributed by atoms with Gasteiger partial charge in [0, 0.05) is 30.9 Å². The molecule has 1 N–H and O–H groups in total. The van der Waals surface area contributed by atoms with Gasteiger partial charge < -0.3 is 23.7 Å². The third-order valence-electron chi connectivity index (χ3n) is 9.11. The second-order valence-electron chi connectivity index (χ2n) is 12.3. The van der Waals surface area contributed by atoms with Crippen LogP contribution in [0.4, 0.5) is 8.78 Å². The Labute approximate surface area is 287 Å². The SMILES string of the molecule is CCn1cncc1Cn1c(CN2CCC(Oc3cccc(COc4ccc(Cl)cc4F)c3)CC2)nc2c(F)cc(C3C#CC3C(=O)O)cc21. The van der Waals surface area contributed by atoms with E-state index >= 15 is 4.39 Å². The predicted octanol–water partition coefficient (Wildman–Crippen LogP) is 6.66. The Morgan fingerprint density at radius 1 is 1.06 bits per heavy atom. The van der Waals surface area contributed by atoms with Crippen LogP contribution in [0.15, 0.2) is 67.1 Å². The van der Waals surface area contributed by atoms with Crippen molar-refractivity contribution >= 4 is 28.6 Å². The summed E-state index contributed by atoms with van der Waals surface area (Å²) in [6.07, 6.45) is 5.15. The van der Waals surface area contributed by atoms with E-state index in [0.29, 0.717) is 35.0 Å². The fourth-order valence-electron chi connectivity index (χ4n) is 6.42. The van der Waals surface area contributed by atoms with Crippen LogP contribution in [0.2, 0.25) is 5.02 Å². The zero-order valence-electron chi connectivity index (χ0n) is 26.8. The molecule has 0 spiro atoms. The lowest BCUT2D eigenvalue weighted by Gasteiger charge is -2.32. The van der Waals surface area contributed by atoms with Crippen LogP contribution in [0.25, 0.3) is 11.0 Å². The number of piperidine rings is 1. The van der Waals surface area contributed by atoms with Gasteiger partial charge in [0.05, 0.1) is 36.5 Å². The van der Waals surface area contributed by atoms with E-state index in [1.807, 2.05) is 46.4 Å². The monoisotopic (exact) mass is 685 g/mol. The van der Waals surface area contributed by atoms with Crippen LogP contribution in [-0.4, -0.2) is 54.3 Å². The van der Waals surface area contributed by atoms with Crippen molar-refractivity contribution in [3.63, 3.8) is 0 Å². The Bertz CT molecular complexity index is 2080. The van der Waals surface area contributed by atoms with E-state index in [1.165, 1.54) is 18.2 Å². The third kappa shape index (κ3) is 6.98. The number of ether oxygens (including phenoxy) is 2. The lowest BCUT2D eigenvalue weighted by Crippen LogP contribution is -2.38. The standard InChI is InChI=1S/C37H34ClF2N5O4/c1-2-44-22-41-18-26(44)19-45-33-16-24(29-7-8-30(29)37(46)47)15-32(40)36(33)42-35(45)20-43-12-10-27(11-13-43)49-28-5-3-4-23(14-28)21-48-34-9-6-25(38)17-31(34)39/h3-6,9,14-18,22,27,29-30H,2,10-13,19-21H2,1H3,(H,46,47). The molecule has 0 amide bonds. The summed E-state index contributed by atoms with van der Waals surface area (Å²) in [5, 5.41) is 9.86. The maximum Gasteiger partial charge on any atom is 0.320 e. The lowest BCUT2D eigenvalue weighted by atomic mass is 9.80. The number of carbonyl (C=O) groups is 1. The summed E-state index contributed by atoms with van der Waals surface area (Å²) in [6.45, 7) is 5.41. The Balaban J connectivity index is 1.04. The molecular weight excluding hydrogens is 652 g/mol. The lowest BCUT2D eigenvalue weighted by molar-refractivity contribution is -0.140. The quantitative estimate of drug-likeness (QED) is 0.147. The number of likely N-dealkylation sites (tertiary alicyclic amines) is 1. The second kappa shape index (κ2) is 13.9. The average Bonchev–Trinajstić information content (AvgIpc) is 3.65. The van der Waals surface area contributed by atoms with Gasteiger partial charge in [-0.2, -0.15) is 0 Å². The van der Waals surface area contributed by atoms with Gasteiger partial charge in [0.1, 0.15) is 35.7 Å². The smallest absolute Gasteiger partial charge is 0.320 e. The van der Waals surface area contributed by atoms with Crippen molar-refractivity contribution in [3.05, 3.63) is 106 Å². The van der Waals surface area contributed by atoms with Gasteiger partial charge in [0.15, 0.2) is 17.4 Å². The van der Waals surface area contributed by atoms with Crippen molar-refractivity contribution in [2.24, 2.45) is 5.92 Å². The first-order chi connectivity index (χ1) is 23.7. The molecule has 2 aromatic heterocycles. The molecule has 2 aliphatic rings. The van der Waals surface area contributed by atoms with Gasteiger partial charge in [-0.25, -0.2) is 18.7 Å². The molecule has 0 bridgehead atoms. The number of aromatic nitrogens is 4. The van der Waals surface area contributed by atoms with Gasteiger partial charge in [0.25, 0.3) is 0 Å². The highest BCUT2D eigenvalue weighted by Crippen LogP contribution is 2.34.